The van der Waals surface area contributed by atoms with Gasteiger partial charge in [0.05, 0.1) is 0 Å². The van der Waals surface area contributed by atoms with Crippen molar-refractivity contribution >= 4 is 11.9 Å². The lowest BCUT2D eigenvalue weighted by Gasteiger charge is -2.08. The highest BCUT2D eigenvalue weighted by Gasteiger charge is 2.12. The predicted octanol–water partition coefficient (Wildman–Crippen LogP) is 0.513. The average molecular weight is 248 g/mol. The monoisotopic (exact) mass is 248 g/mol. The van der Waals surface area contributed by atoms with Crippen LogP contribution in [0, 0.1) is 0 Å². The van der Waals surface area contributed by atoms with Crippen molar-refractivity contribution in [3.05, 3.63) is 48.1 Å². The number of nitrogens with one attached hydrogen (secondary N) is 1. The van der Waals surface area contributed by atoms with Crippen molar-refractivity contribution in [1.29, 1.82) is 0 Å². The summed E-state index contributed by atoms with van der Waals surface area (Å²) in [4.78, 5) is 22.2. The topological polar surface area (TPSA) is 92.4 Å². The van der Waals surface area contributed by atoms with Crippen LogP contribution in [-0.4, -0.2) is 29.6 Å². The molecular weight excluding hydrogens is 232 g/mol. The van der Waals surface area contributed by atoms with Gasteiger partial charge >= 0.3 is 5.97 Å². The van der Waals surface area contributed by atoms with Gasteiger partial charge in [-0.3, -0.25) is 9.59 Å². The van der Waals surface area contributed by atoms with Gasteiger partial charge < -0.3 is 16.2 Å². The Hall–Kier alpha value is -2.14. The maximum absolute atomic E-state index is 11.7. The second-order valence-electron chi connectivity index (χ2n) is 3.74. The molecule has 0 spiro atoms. The lowest BCUT2D eigenvalue weighted by atomic mass is 10.1. The number of aliphatic carboxylic acids is 1. The maximum atomic E-state index is 11.7. The van der Waals surface area contributed by atoms with Crippen LogP contribution in [0.25, 0.3) is 0 Å². The molecule has 1 aliphatic rings. The first kappa shape index (κ1) is 13.9. The van der Waals surface area contributed by atoms with Crippen LogP contribution in [-0.2, 0) is 9.59 Å². The second-order valence-corrected chi connectivity index (χ2v) is 3.74. The van der Waals surface area contributed by atoms with Gasteiger partial charge in [-0.25, -0.2) is 0 Å². The predicted molar refractivity (Wildman–Crippen MR) is 68.7 cm³/mol. The molecule has 0 fully saturated rings. The Morgan fingerprint density at radius 3 is 2.61 bits per heavy atom. The number of carboxylic acid groups (broad SMARTS) is 1. The number of allylic oxidation sites excluding steroid dienone is 6. The average Bonchev–Trinajstić information content (AvgIpc) is 2.27. The smallest absolute Gasteiger partial charge is 0.320 e. The van der Waals surface area contributed by atoms with E-state index in [-0.39, 0.29) is 18.9 Å². The van der Waals surface area contributed by atoms with Gasteiger partial charge in [0, 0.05) is 12.1 Å². The summed E-state index contributed by atoms with van der Waals surface area (Å²) in [7, 11) is 0. The summed E-state index contributed by atoms with van der Waals surface area (Å²) in [5, 5.41) is 11.2. The number of hydrogen-bond acceptors (Lipinski definition) is 3. The zero-order chi connectivity index (χ0) is 13.4. The zero-order valence-electron chi connectivity index (χ0n) is 9.87. The molecule has 0 radical (unpaired) electrons. The Morgan fingerprint density at radius 2 is 1.89 bits per heavy atom. The van der Waals surface area contributed by atoms with Gasteiger partial charge in [-0.2, -0.15) is 0 Å². The minimum Gasteiger partial charge on any atom is -0.480 e. The van der Waals surface area contributed by atoms with Crippen molar-refractivity contribution in [2.75, 3.05) is 6.54 Å². The summed E-state index contributed by atoms with van der Waals surface area (Å²) < 4.78 is 0. The van der Waals surface area contributed by atoms with Gasteiger partial charge in [0.25, 0.3) is 5.91 Å². The molecule has 4 N–H and O–H groups in total. The van der Waals surface area contributed by atoms with E-state index in [2.05, 4.69) is 5.32 Å². The van der Waals surface area contributed by atoms with Crippen LogP contribution in [0.5, 0.6) is 0 Å². The van der Waals surface area contributed by atoms with E-state index in [0.717, 1.165) is 0 Å². The van der Waals surface area contributed by atoms with Crippen LogP contribution in [0.2, 0.25) is 0 Å². The SMILES string of the molecule is NC(CCNC(=O)C1=CC=CC=CC=C1)C(=O)O. The largest absolute Gasteiger partial charge is 0.480 e. The fraction of sp³-hybridized carbons (Fsp3) is 0.231. The van der Waals surface area contributed by atoms with Gasteiger partial charge in [0.1, 0.15) is 6.04 Å². The number of amides is 1. The first-order valence-corrected chi connectivity index (χ1v) is 5.59. The summed E-state index contributed by atoms with van der Waals surface area (Å²) in [6, 6.07) is -0.949. The molecular formula is C13H16N2O3. The maximum Gasteiger partial charge on any atom is 0.320 e. The molecule has 96 valence electrons. The van der Waals surface area contributed by atoms with E-state index < -0.39 is 12.0 Å². The normalized spacial score (nSPS) is 15.5. The van der Waals surface area contributed by atoms with E-state index in [1.807, 2.05) is 18.2 Å². The number of nitrogens with two attached hydrogens (primary N) is 1. The Bertz CT molecular complexity index is 434. The summed E-state index contributed by atoms with van der Waals surface area (Å²) in [6.07, 6.45) is 12.6. The van der Waals surface area contributed by atoms with Crippen molar-refractivity contribution < 1.29 is 14.7 Å². The molecule has 0 aromatic heterocycles. The van der Waals surface area contributed by atoms with Crippen molar-refractivity contribution in [2.45, 2.75) is 12.5 Å². The van der Waals surface area contributed by atoms with Gasteiger partial charge in [-0.05, 0) is 18.6 Å². The summed E-state index contributed by atoms with van der Waals surface area (Å²) >= 11 is 0. The van der Waals surface area contributed by atoms with E-state index in [4.69, 9.17) is 10.8 Å². The fourth-order valence-corrected chi connectivity index (χ4v) is 1.28. The minimum absolute atomic E-state index is 0.202. The van der Waals surface area contributed by atoms with Crippen molar-refractivity contribution in [3.8, 4) is 0 Å². The van der Waals surface area contributed by atoms with E-state index in [9.17, 15) is 9.59 Å². The summed E-state index contributed by atoms with van der Waals surface area (Å²) in [6.45, 7) is 0.233. The van der Waals surface area contributed by atoms with Crippen LogP contribution in [0.4, 0.5) is 0 Å². The lowest BCUT2D eigenvalue weighted by molar-refractivity contribution is -0.138. The third kappa shape index (κ3) is 4.80. The van der Waals surface area contributed by atoms with E-state index in [0.29, 0.717) is 5.57 Å². The number of hydrogen-bond donors (Lipinski definition) is 3. The van der Waals surface area contributed by atoms with Crippen molar-refractivity contribution in [1.82, 2.24) is 5.32 Å². The first-order valence-electron chi connectivity index (χ1n) is 5.59. The van der Waals surface area contributed by atoms with Gasteiger partial charge in [-0.1, -0.05) is 30.4 Å². The number of carbonyl (C=O) groups is 2. The van der Waals surface area contributed by atoms with Crippen LogP contribution in [0.1, 0.15) is 6.42 Å². The molecule has 18 heavy (non-hydrogen) atoms. The van der Waals surface area contributed by atoms with Gasteiger partial charge in [0.2, 0.25) is 0 Å². The molecule has 5 heteroatoms. The molecule has 0 aliphatic heterocycles. The third-order valence-corrected chi connectivity index (χ3v) is 2.32. The zero-order valence-corrected chi connectivity index (χ0v) is 9.87. The number of rotatable bonds is 5. The summed E-state index contributed by atoms with van der Waals surface area (Å²) in [5.41, 5.74) is 5.84. The minimum atomic E-state index is -1.07. The van der Waals surface area contributed by atoms with Gasteiger partial charge in [-0.15, -0.1) is 0 Å². The number of carboxylic acids is 1. The highest BCUT2D eigenvalue weighted by Crippen LogP contribution is 2.01. The van der Waals surface area contributed by atoms with Crippen LogP contribution in [0.15, 0.2) is 48.1 Å². The van der Waals surface area contributed by atoms with Gasteiger partial charge in [0.15, 0.2) is 0 Å². The molecule has 0 saturated heterocycles. The molecule has 1 rings (SSSR count). The Morgan fingerprint density at radius 1 is 1.22 bits per heavy atom. The molecule has 0 aromatic carbocycles. The molecule has 1 aliphatic carbocycles. The Labute approximate surface area is 105 Å². The molecule has 1 atom stereocenters. The highest BCUT2D eigenvalue weighted by atomic mass is 16.4. The molecule has 1 unspecified atom stereocenters. The van der Waals surface area contributed by atoms with Crippen LogP contribution in [0.3, 0.4) is 0 Å². The van der Waals surface area contributed by atoms with E-state index in [1.165, 1.54) is 0 Å². The van der Waals surface area contributed by atoms with Crippen LogP contribution < -0.4 is 11.1 Å². The fourth-order valence-electron chi connectivity index (χ4n) is 1.28. The third-order valence-electron chi connectivity index (χ3n) is 2.32. The number of carbonyl (C=O) groups excluding carboxylic acids is 1. The second kappa shape index (κ2) is 7.24. The molecule has 0 saturated carbocycles. The van der Waals surface area contributed by atoms with E-state index >= 15 is 0 Å². The molecule has 0 aromatic rings. The highest BCUT2D eigenvalue weighted by molar-refractivity contribution is 5.96. The van der Waals surface area contributed by atoms with E-state index in [1.54, 1.807) is 24.3 Å². The quantitative estimate of drug-likeness (QED) is 0.661. The first-order chi connectivity index (χ1) is 8.61. The summed E-state index contributed by atoms with van der Waals surface area (Å²) in [5.74, 6) is -1.31. The standard InChI is InChI=1S/C13H16N2O3/c14-11(13(17)18)8-9-15-12(16)10-6-4-2-1-3-5-7-10/h1-7,11H,8-9,14H2,(H,15,16)(H,17,18). The van der Waals surface area contributed by atoms with Crippen molar-refractivity contribution in [2.24, 2.45) is 5.73 Å². The Balaban J connectivity index is 2.43. The lowest BCUT2D eigenvalue weighted by Crippen LogP contribution is -2.35. The molecule has 1 amide bonds. The van der Waals surface area contributed by atoms with Crippen molar-refractivity contribution in [3.63, 3.8) is 0 Å². The molecule has 5 nitrogen and oxygen atoms in total. The van der Waals surface area contributed by atoms with Crippen LogP contribution >= 0.6 is 0 Å². The molecule has 0 bridgehead atoms. The molecule has 0 heterocycles. The Kier molecular flexibility index (Phi) is 5.60.